The van der Waals surface area contributed by atoms with Gasteiger partial charge in [0.15, 0.2) is 0 Å². The van der Waals surface area contributed by atoms with Gasteiger partial charge in [0, 0.05) is 126 Å². The van der Waals surface area contributed by atoms with Gasteiger partial charge in [-0.05, 0) is 170 Å². The molecular formula is C118H95Ir3N7O3Si2-6. The van der Waals surface area contributed by atoms with Crippen LogP contribution in [0.3, 0.4) is 0 Å². The van der Waals surface area contributed by atoms with E-state index in [2.05, 4.69) is 300 Å². The Bertz CT molecular complexity index is 7440. The average Bonchev–Trinajstić information content (AvgIpc) is 1.61. The summed E-state index contributed by atoms with van der Waals surface area (Å²) in [5.41, 5.74) is 29.1. The third-order valence-corrected chi connectivity index (χ3v) is 26.7. The first-order chi connectivity index (χ1) is 63.5. The van der Waals surface area contributed by atoms with Crippen LogP contribution >= 0.6 is 0 Å². The molecule has 0 atom stereocenters. The van der Waals surface area contributed by atoms with Crippen LogP contribution in [0.5, 0.6) is 0 Å². The molecule has 10 nitrogen and oxygen atoms in total. The summed E-state index contributed by atoms with van der Waals surface area (Å²) in [4.78, 5) is 31.1. The van der Waals surface area contributed by atoms with Crippen LogP contribution in [0, 0.1) is 50.2 Å². The number of rotatable bonds is 15. The van der Waals surface area contributed by atoms with E-state index in [1.54, 1.807) is 18.6 Å². The zero-order chi connectivity index (χ0) is 89.2. The van der Waals surface area contributed by atoms with Gasteiger partial charge in [-0.25, -0.2) is 0 Å². The first-order valence-corrected chi connectivity index (χ1v) is 50.7. The van der Waals surface area contributed by atoms with Crippen molar-refractivity contribution in [2.45, 2.75) is 72.4 Å². The van der Waals surface area contributed by atoms with Gasteiger partial charge in [-0.15, -0.1) is 161 Å². The van der Waals surface area contributed by atoms with Gasteiger partial charge in [0.2, 0.25) is 0 Å². The Kier molecular flexibility index (Phi) is 32.4. The quantitative estimate of drug-likeness (QED) is 0.0722. The molecule has 0 bridgehead atoms. The van der Waals surface area contributed by atoms with E-state index in [9.17, 15) is 0 Å². The van der Waals surface area contributed by atoms with Crippen LogP contribution < -0.4 is 10.4 Å². The molecule has 3 radical (unpaired) electrons. The number of aryl methyl sites for hydroxylation is 2. The number of fused-ring (bicyclic) bond motifs is 9. The second kappa shape index (κ2) is 45.1. The number of hydrogen-bond acceptors (Lipinski definition) is 10. The topological polar surface area (TPSA) is 130 Å². The van der Waals surface area contributed by atoms with Crippen molar-refractivity contribution in [3.05, 3.63) is 476 Å². The summed E-state index contributed by atoms with van der Waals surface area (Å²) in [6.45, 7) is 18.2. The van der Waals surface area contributed by atoms with Gasteiger partial charge in [0.25, 0.3) is 0 Å². The van der Waals surface area contributed by atoms with Crippen molar-refractivity contribution in [2.75, 3.05) is 0 Å². The third kappa shape index (κ3) is 23.9. The second-order valence-electron chi connectivity index (χ2n) is 34.0. The molecule has 22 rings (SSSR count). The van der Waals surface area contributed by atoms with Crippen molar-refractivity contribution in [1.29, 1.82) is 0 Å². The molecule has 0 aliphatic rings. The number of aromatic nitrogens is 7. The minimum Gasteiger partial charge on any atom is -0.501 e. The van der Waals surface area contributed by atoms with Crippen LogP contribution in [0.2, 0.25) is 39.3 Å². The van der Waals surface area contributed by atoms with E-state index < -0.39 is 16.1 Å². The first-order valence-electron chi connectivity index (χ1n) is 43.7. The maximum Gasteiger partial charge on any atom is 0.121 e. The molecule has 0 fully saturated rings. The van der Waals surface area contributed by atoms with Crippen LogP contribution in [0.25, 0.3) is 144 Å². The Morgan fingerprint density at radius 1 is 0.286 bits per heavy atom. The number of nitrogens with zero attached hydrogens (tertiary/aromatic N) is 7. The SMILES string of the molecule is C[Si](C)(C)c1ccc(-c2[c-]cccc2)nc1.Cc1c[c-]c(-c2ccc([Si](C)(C)C)cn2)cc1.Cc1cnc(-c2[c-]cccc2)cc1-c1ccccc1.[Ir].[Ir].[Ir].[c-]1cc(Cc2ccncc2)c2c(oc3ccccc32)c1-c1ccccn1.[c-]1ccc2c(oc3cc(Cc4ccccc4)ccc32)c1-c1ccccn1.[c-]1ccc2c(oc3ccc(Cc4ccccc4)cc32)c1-c1ccccn1. The maximum absolute atomic E-state index is 6.25. The first kappa shape index (κ1) is 95.6. The van der Waals surface area contributed by atoms with Crippen LogP contribution in [0.4, 0.5) is 0 Å². The number of benzene rings is 12. The van der Waals surface area contributed by atoms with Crippen LogP contribution in [0.15, 0.2) is 409 Å². The van der Waals surface area contributed by atoms with E-state index in [4.69, 9.17) is 13.3 Å². The summed E-state index contributed by atoms with van der Waals surface area (Å²) in [6, 6.07) is 137. The molecule has 12 aromatic carbocycles. The van der Waals surface area contributed by atoms with Crippen molar-refractivity contribution in [3.8, 4) is 78.7 Å². The monoisotopic (exact) mass is 2290 g/mol. The number of furan rings is 3. The van der Waals surface area contributed by atoms with Crippen molar-refractivity contribution in [1.82, 2.24) is 34.9 Å². The summed E-state index contributed by atoms with van der Waals surface area (Å²) in [5, 5.41) is 9.53. The fourth-order valence-corrected chi connectivity index (χ4v) is 17.7. The van der Waals surface area contributed by atoms with E-state index in [0.29, 0.717) is 0 Å². The molecule has 0 unspecified atom stereocenters. The molecule has 0 spiro atoms. The van der Waals surface area contributed by atoms with E-state index in [0.717, 1.165) is 153 Å². The summed E-state index contributed by atoms with van der Waals surface area (Å²) in [6.07, 6.45) is 17.6. The minimum absolute atomic E-state index is 0. The molecule has 0 aliphatic heterocycles. The molecule has 0 saturated heterocycles. The van der Waals surface area contributed by atoms with Crippen molar-refractivity contribution >= 4 is 92.3 Å². The molecule has 0 N–H and O–H groups in total. The summed E-state index contributed by atoms with van der Waals surface area (Å²) in [7, 11) is -2.47. The van der Waals surface area contributed by atoms with Crippen molar-refractivity contribution < 1.29 is 73.6 Å². The average molecular weight is 2290 g/mol. The molecule has 10 aromatic heterocycles. The predicted octanol–water partition coefficient (Wildman–Crippen LogP) is 28.5. The van der Waals surface area contributed by atoms with Gasteiger partial charge in [0.05, 0.1) is 32.9 Å². The van der Waals surface area contributed by atoms with Gasteiger partial charge in [-0.3, -0.25) is 4.98 Å². The standard InChI is InChI=1S/2C24H16NO.C23H15N2O.C18H14N.C15H18NSi.C14H16NSi.3Ir/c1-2-7-17(8-3-1)15-18-12-13-19-20-9-6-10-21(22-11-4-5-14-25-22)24(20)26-23(19)16-18;1-2-7-17(8-3-1)15-18-12-13-23-21(16-18)19-9-6-10-20(24(19)26-23)22-11-4-5-14-25-22;1-2-7-21-19(5-1)22-17(15-16-10-13-24-14-11-16)8-9-18(23(22)26-21)20-6-3-4-12-25-20;1-14-13-19-18(16-10-6-3-7-11-16)12-17(14)15-8-4-2-5-9-15;1-12-5-7-13(8-6-12)15-10-9-14(11-16-15)17(2,3)4;1-16(2,3)13-9-10-14(15-11-13)12-7-5-4-6-8-12;;;/h2*1-9,11-14,16H,15H2;1-8,10-14H,15H2;2-10,12-13H,1H3;5-7,9-11H,1-4H3;4-7,9-11H,1-3H3;;;/q6*-1;;;. The number of hydrogen-bond donors (Lipinski definition) is 0. The smallest absolute Gasteiger partial charge is 0.121 e. The normalized spacial score (nSPS) is 10.9. The fourth-order valence-electron chi connectivity index (χ4n) is 15.6. The van der Waals surface area contributed by atoms with Gasteiger partial charge in [-0.2, -0.15) is 0 Å². The summed E-state index contributed by atoms with van der Waals surface area (Å²) < 4.78 is 18.6. The van der Waals surface area contributed by atoms with Crippen LogP contribution in [-0.4, -0.2) is 51.0 Å². The second-order valence-corrected chi connectivity index (χ2v) is 44.2. The molecular weight excluding hydrogens is 2200 g/mol. The zero-order valence-corrected chi connectivity index (χ0v) is 84.2. The van der Waals surface area contributed by atoms with E-state index in [-0.39, 0.29) is 60.3 Å². The molecule has 10 heterocycles. The van der Waals surface area contributed by atoms with E-state index >= 15 is 0 Å². The largest absolute Gasteiger partial charge is 0.501 e. The minimum atomic E-state index is -1.24. The summed E-state index contributed by atoms with van der Waals surface area (Å²) in [5.74, 6) is 0. The Morgan fingerprint density at radius 3 is 1.29 bits per heavy atom. The number of pyridine rings is 7. The molecule has 15 heteroatoms. The van der Waals surface area contributed by atoms with Gasteiger partial charge >= 0.3 is 0 Å². The Balaban J connectivity index is 0.000000129. The molecule has 0 aliphatic carbocycles. The third-order valence-electron chi connectivity index (χ3n) is 22.6. The molecule has 22 aromatic rings. The van der Waals surface area contributed by atoms with Crippen molar-refractivity contribution in [3.63, 3.8) is 0 Å². The maximum atomic E-state index is 6.25. The molecule has 0 amide bonds. The summed E-state index contributed by atoms with van der Waals surface area (Å²) >= 11 is 0. The zero-order valence-electron chi connectivity index (χ0n) is 75.0. The molecule has 133 heavy (non-hydrogen) atoms. The Hall–Kier alpha value is -13.5. The van der Waals surface area contributed by atoms with Crippen LogP contribution in [0.1, 0.15) is 44.5 Å². The van der Waals surface area contributed by atoms with Gasteiger partial charge in [-0.1, -0.05) is 273 Å². The Morgan fingerprint density at radius 2 is 0.759 bits per heavy atom. The van der Waals surface area contributed by atoms with E-state index in [1.165, 1.54) is 66.0 Å². The predicted molar refractivity (Wildman–Crippen MR) is 539 cm³/mol. The van der Waals surface area contributed by atoms with E-state index in [1.807, 2.05) is 201 Å². The molecule has 0 saturated carbocycles. The van der Waals surface area contributed by atoms with Crippen LogP contribution in [-0.2, 0) is 79.6 Å². The number of para-hydroxylation sites is 1. The van der Waals surface area contributed by atoms with Crippen molar-refractivity contribution in [2.24, 2.45) is 0 Å². The Labute approximate surface area is 821 Å². The van der Waals surface area contributed by atoms with Gasteiger partial charge < -0.3 is 43.2 Å². The van der Waals surface area contributed by atoms with Gasteiger partial charge in [0.1, 0.15) is 16.7 Å². The molecule has 661 valence electrons. The fraction of sp³-hybridized carbons (Fsp3) is 0.0932.